The Morgan fingerprint density at radius 3 is 2.89 bits per heavy atom. The highest BCUT2D eigenvalue weighted by Crippen LogP contribution is 2.28. The van der Waals surface area contributed by atoms with Crippen LogP contribution >= 0.6 is 0 Å². The van der Waals surface area contributed by atoms with Crippen molar-refractivity contribution >= 4 is 11.7 Å². The molecule has 0 spiro atoms. The molecule has 146 valence electrons. The number of carbonyl (C=O) groups excluding carboxylic acids is 1. The van der Waals surface area contributed by atoms with Crippen LogP contribution in [0.3, 0.4) is 0 Å². The van der Waals surface area contributed by atoms with Gasteiger partial charge in [-0.2, -0.15) is 5.10 Å². The maximum atomic E-state index is 12.3. The molecule has 2 aromatic heterocycles. The predicted molar refractivity (Wildman–Crippen MR) is 104 cm³/mol. The second kappa shape index (κ2) is 8.64. The fraction of sp³-hybridized carbons (Fsp3) is 0.421. The molecule has 0 radical (unpaired) electrons. The number of nitrogens with zero attached hydrogens (tertiary/aromatic N) is 6. The van der Waals surface area contributed by atoms with Gasteiger partial charge >= 0.3 is 6.03 Å². The van der Waals surface area contributed by atoms with Gasteiger partial charge in [0.1, 0.15) is 19.0 Å². The lowest BCUT2D eigenvalue weighted by Gasteiger charge is -2.24. The summed E-state index contributed by atoms with van der Waals surface area (Å²) in [5.41, 5.74) is 1.75. The minimum atomic E-state index is -0.267. The molecule has 0 aliphatic heterocycles. The van der Waals surface area contributed by atoms with E-state index in [0.717, 1.165) is 29.9 Å². The van der Waals surface area contributed by atoms with E-state index in [1.54, 1.807) is 17.3 Å². The fourth-order valence-electron chi connectivity index (χ4n) is 3.64. The van der Waals surface area contributed by atoms with Gasteiger partial charge in [0, 0.05) is 11.7 Å². The number of carbonyl (C=O) groups is 1. The van der Waals surface area contributed by atoms with Gasteiger partial charge in [0.05, 0.1) is 13.1 Å². The Morgan fingerprint density at radius 2 is 2.07 bits per heavy atom. The maximum absolute atomic E-state index is 12.3. The molecule has 9 nitrogen and oxygen atoms in total. The molecule has 2 amide bonds. The first-order chi connectivity index (χ1) is 13.8. The predicted octanol–water partition coefficient (Wildman–Crippen LogP) is 2.74. The van der Waals surface area contributed by atoms with Gasteiger partial charge in [-0.3, -0.25) is 0 Å². The molecule has 1 aliphatic carbocycles. The zero-order valence-corrected chi connectivity index (χ0v) is 15.7. The first-order valence-electron chi connectivity index (χ1n) is 9.62. The molecule has 4 rings (SSSR count). The standard InChI is InChI=1S/C19H24N8O/c28-19(21-10-18-25-22-14-27(18)17-7-2-1-3-8-17)24-16-6-4-5-15(9-16)11-26-13-20-12-23-26/h4-6,9,12-14,17H,1-3,7-8,10-11H2,(H2,21,24,28). The average molecular weight is 380 g/mol. The lowest BCUT2D eigenvalue weighted by atomic mass is 9.95. The summed E-state index contributed by atoms with van der Waals surface area (Å²) in [6.45, 7) is 0.947. The van der Waals surface area contributed by atoms with Crippen molar-refractivity contribution in [1.29, 1.82) is 0 Å². The van der Waals surface area contributed by atoms with Crippen LogP contribution in [-0.2, 0) is 13.1 Å². The van der Waals surface area contributed by atoms with Crippen LogP contribution < -0.4 is 10.6 Å². The molecule has 3 aromatic rings. The van der Waals surface area contributed by atoms with Gasteiger partial charge in [-0.15, -0.1) is 10.2 Å². The van der Waals surface area contributed by atoms with Crippen molar-refractivity contribution in [3.8, 4) is 0 Å². The van der Waals surface area contributed by atoms with Gasteiger partial charge in [0.2, 0.25) is 0 Å². The number of rotatable bonds is 6. The third-order valence-corrected chi connectivity index (χ3v) is 5.02. The normalized spacial score (nSPS) is 14.7. The van der Waals surface area contributed by atoms with Gasteiger partial charge in [-0.25, -0.2) is 14.5 Å². The van der Waals surface area contributed by atoms with Crippen LogP contribution in [0.4, 0.5) is 10.5 Å². The first-order valence-corrected chi connectivity index (χ1v) is 9.62. The minimum Gasteiger partial charge on any atom is -0.331 e. The Kier molecular flexibility index (Phi) is 5.60. The number of nitrogens with one attached hydrogen (secondary N) is 2. The molecule has 28 heavy (non-hydrogen) atoms. The quantitative estimate of drug-likeness (QED) is 0.684. The van der Waals surface area contributed by atoms with Crippen molar-refractivity contribution in [2.24, 2.45) is 0 Å². The average Bonchev–Trinajstić information content (AvgIpc) is 3.39. The van der Waals surface area contributed by atoms with E-state index in [2.05, 4.69) is 35.5 Å². The molecule has 2 N–H and O–H groups in total. The second-order valence-electron chi connectivity index (χ2n) is 7.05. The highest BCUT2D eigenvalue weighted by molar-refractivity contribution is 5.89. The van der Waals surface area contributed by atoms with Crippen LogP contribution in [0.2, 0.25) is 0 Å². The summed E-state index contributed by atoms with van der Waals surface area (Å²) < 4.78 is 3.84. The SMILES string of the molecule is O=C(NCc1nncn1C1CCCCC1)Nc1cccc(Cn2cncn2)c1. The van der Waals surface area contributed by atoms with Crippen molar-refractivity contribution in [2.75, 3.05) is 5.32 Å². The number of anilines is 1. The number of urea groups is 1. The topological polar surface area (TPSA) is 103 Å². The second-order valence-corrected chi connectivity index (χ2v) is 7.05. The van der Waals surface area contributed by atoms with Crippen LogP contribution in [0.5, 0.6) is 0 Å². The Labute approximate surface area is 163 Å². The van der Waals surface area contributed by atoms with E-state index >= 15 is 0 Å². The summed E-state index contributed by atoms with van der Waals surface area (Å²) in [4.78, 5) is 16.3. The van der Waals surface area contributed by atoms with Crippen molar-refractivity contribution in [2.45, 2.75) is 51.2 Å². The number of hydrogen-bond acceptors (Lipinski definition) is 5. The van der Waals surface area contributed by atoms with E-state index in [9.17, 15) is 4.79 Å². The monoisotopic (exact) mass is 380 g/mol. The van der Waals surface area contributed by atoms with E-state index < -0.39 is 0 Å². The smallest absolute Gasteiger partial charge is 0.319 e. The summed E-state index contributed by atoms with van der Waals surface area (Å²) in [6, 6.07) is 7.84. The van der Waals surface area contributed by atoms with Crippen molar-refractivity contribution in [3.63, 3.8) is 0 Å². The summed E-state index contributed by atoms with van der Waals surface area (Å²) in [5, 5.41) is 18.1. The fourth-order valence-corrected chi connectivity index (χ4v) is 3.64. The van der Waals surface area contributed by atoms with Gasteiger partial charge < -0.3 is 15.2 Å². The van der Waals surface area contributed by atoms with Crippen LogP contribution in [0.15, 0.2) is 43.2 Å². The lowest BCUT2D eigenvalue weighted by Crippen LogP contribution is -2.30. The molecule has 2 heterocycles. The molecule has 1 fully saturated rings. The zero-order chi connectivity index (χ0) is 19.2. The third kappa shape index (κ3) is 4.54. The van der Waals surface area contributed by atoms with Crippen LogP contribution in [0.1, 0.15) is 49.5 Å². The molecule has 9 heteroatoms. The molecular formula is C19H24N8O. The van der Waals surface area contributed by atoms with E-state index in [-0.39, 0.29) is 6.03 Å². The summed E-state index contributed by atoms with van der Waals surface area (Å²) in [7, 11) is 0. The molecule has 0 unspecified atom stereocenters. The van der Waals surface area contributed by atoms with E-state index in [1.165, 1.54) is 25.6 Å². The highest BCUT2D eigenvalue weighted by atomic mass is 16.2. The maximum Gasteiger partial charge on any atom is 0.319 e. The minimum absolute atomic E-state index is 0.267. The highest BCUT2D eigenvalue weighted by Gasteiger charge is 2.18. The van der Waals surface area contributed by atoms with Crippen molar-refractivity contribution in [3.05, 3.63) is 54.6 Å². The number of aromatic nitrogens is 6. The Hall–Kier alpha value is -3.23. The van der Waals surface area contributed by atoms with Gasteiger partial charge in [0.25, 0.3) is 0 Å². The number of benzene rings is 1. The zero-order valence-electron chi connectivity index (χ0n) is 15.7. The Morgan fingerprint density at radius 1 is 1.18 bits per heavy atom. The summed E-state index contributed by atoms with van der Waals surface area (Å²) in [6.07, 6.45) is 11.0. The summed E-state index contributed by atoms with van der Waals surface area (Å²) >= 11 is 0. The van der Waals surface area contributed by atoms with E-state index in [1.807, 2.05) is 24.3 Å². The Balaban J connectivity index is 1.32. The van der Waals surface area contributed by atoms with Gasteiger partial charge in [-0.05, 0) is 30.5 Å². The molecule has 1 aliphatic rings. The Bertz CT molecular complexity index is 898. The third-order valence-electron chi connectivity index (χ3n) is 5.02. The van der Waals surface area contributed by atoms with Crippen LogP contribution in [0.25, 0.3) is 0 Å². The van der Waals surface area contributed by atoms with Gasteiger partial charge in [0.15, 0.2) is 5.82 Å². The lowest BCUT2D eigenvalue weighted by molar-refractivity contribution is 0.251. The van der Waals surface area contributed by atoms with Crippen LogP contribution in [0, 0.1) is 0 Å². The largest absolute Gasteiger partial charge is 0.331 e. The molecule has 0 saturated heterocycles. The number of hydrogen-bond donors (Lipinski definition) is 2. The van der Waals surface area contributed by atoms with Crippen LogP contribution in [-0.4, -0.2) is 35.6 Å². The molecule has 1 saturated carbocycles. The molecule has 1 aromatic carbocycles. The molecule has 0 atom stereocenters. The summed E-state index contributed by atoms with van der Waals surface area (Å²) in [5.74, 6) is 0.794. The number of amides is 2. The van der Waals surface area contributed by atoms with Crippen molar-refractivity contribution < 1.29 is 4.79 Å². The first kappa shape index (κ1) is 18.1. The van der Waals surface area contributed by atoms with Crippen molar-refractivity contribution in [1.82, 2.24) is 34.8 Å². The van der Waals surface area contributed by atoms with E-state index in [4.69, 9.17) is 0 Å². The van der Waals surface area contributed by atoms with E-state index in [0.29, 0.717) is 19.1 Å². The van der Waals surface area contributed by atoms with Gasteiger partial charge in [-0.1, -0.05) is 31.4 Å². The molecule has 0 bridgehead atoms. The molecular weight excluding hydrogens is 356 g/mol.